The smallest absolute Gasteiger partial charge is 0.293 e. The third-order valence-electron chi connectivity index (χ3n) is 6.33. The number of nitrogens with zero attached hydrogens (tertiary/aromatic N) is 3. The van der Waals surface area contributed by atoms with Crippen molar-refractivity contribution in [1.29, 1.82) is 0 Å². The third kappa shape index (κ3) is 4.59. The first-order valence-electron chi connectivity index (χ1n) is 11.7. The lowest BCUT2D eigenvalue weighted by atomic mass is 10.0. The van der Waals surface area contributed by atoms with Gasteiger partial charge in [0, 0.05) is 36.0 Å². The first-order valence-corrected chi connectivity index (χ1v) is 11.7. The van der Waals surface area contributed by atoms with Crippen LogP contribution < -0.4 is 10.2 Å². The number of rotatable bonds is 6. The largest absolute Gasteiger partial charge is 0.436 e. The van der Waals surface area contributed by atoms with Crippen LogP contribution in [0, 0.1) is 10.1 Å². The molecule has 1 N–H and O–H groups in total. The number of hydrogen-bond acceptors (Lipinski definition) is 6. The standard InChI is InChI=1S/C27H26N4O4/c1-17(2)18-9-11-25-22(15-18)29-27(35-25)20-6-5-7-21(14-20)28-26(32)19-8-10-23(24(16-19)31(33)34)30-12-3-4-13-30/h5-11,14-17H,3-4,12-13H2,1-2H3,(H,28,32). The fourth-order valence-electron chi connectivity index (χ4n) is 4.40. The number of amides is 1. The van der Waals surface area contributed by atoms with E-state index in [1.807, 2.05) is 29.2 Å². The molecule has 0 bridgehead atoms. The van der Waals surface area contributed by atoms with E-state index in [0.29, 0.717) is 28.8 Å². The zero-order valence-corrected chi connectivity index (χ0v) is 19.7. The molecule has 0 atom stereocenters. The van der Waals surface area contributed by atoms with Crippen LogP contribution in [0.3, 0.4) is 0 Å². The van der Waals surface area contributed by atoms with Crippen LogP contribution in [-0.4, -0.2) is 28.9 Å². The van der Waals surface area contributed by atoms with Crippen molar-refractivity contribution in [3.05, 3.63) is 81.9 Å². The molecule has 1 amide bonds. The Morgan fingerprint density at radius 2 is 1.89 bits per heavy atom. The van der Waals surface area contributed by atoms with Gasteiger partial charge in [-0.15, -0.1) is 0 Å². The van der Waals surface area contributed by atoms with Crippen molar-refractivity contribution in [3.8, 4) is 11.5 Å². The summed E-state index contributed by atoms with van der Waals surface area (Å²) >= 11 is 0. The number of anilines is 2. The highest BCUT2D eigenvalue weighted by Gasteiger charge is 2.24. The molecule has 0 unspecified atom stereocenters. The normalized spacial score (nSPS) is 13.5. The quantitative estimate of drug-likeness (QED) is 0.259. The average molecular weight is 471 g/mol. The highest BCUT2D eigenvalue weighted by atomic mass is 16.6. The van der Waals surface area contributed by atoms with E-state index in [4.69, 9.17) is 4.42 Å². The summed E-state index contributed by atoms with van der Waals surface area (Å²) in [6.45, 7) is 5.83. The Labute approximate surface area is 202 Å². The van der Waals surface area contributed by atoms with Crippen LogP contribution in [0.4, 0.5) is 17.1 Å². The number of nitro groups is 1. The number of oxazole rings is 1. The van der Waals surface area contributed by atoms with E-state index in [1.54, 1.807) is 30.3 Å². The van der Waals surface area contributed by atoms with E-state index in [2.05, 4.69) is 24.1 Å². The van der Waals surface area contributed by atoms with Gasteiger partial charge in [-0.05, 0) is 66.8 Å². The Balaban J connectivity index is 1.38. The molecule has 1 aliphatic heterocycles. The molecule has 0 spiro atoms. The molecule has 8 nitrogen and oxygen atoms in total. The molecule has 0 radical (unpaired) electrons. The molecule has 1 saturated heterocycles. The van der Waals surface area contributed by atoms with E-state index in [0.717, 1.165) is 37.0 Å². The topological polar surface area (TPSA) is 102 Å². The summed E-state index contributed by atoms with van der Waals surface area (Å²) < 4.78 is 5.93. The molecular formula is C27H26N4O4. The van der Waals surface area contributed by atoms with Crippen molar-refractivity contribution in [3.63, 3.8) is 0 Å². The summed E-state index contributed by atoms with van der Waals surface area (Å²) in [6.07, 6.45) is 2.02. The summed E-state index contributed by atoms with van der Waals surface area (Å²) in [5.41, 5.74) is 4.67. The predicted octanol–water partition coefficient (Wildman–Crippen LogP) is 6.38. The molecule has 1 aliphatic rings. The molecule has 5 rings (SSSR count). The van der Waals surface area contributed by atoms with Gasteiger partial charge in [0.1, 0.15) is 11.2 Å². The van der Waals surface area contributed by atoms with Crippen LogP contribution in [0.2, 0.25) is 0 Å². The number of nitrogens with one attached hydrogen (secondary N) is 1. The van der Waals surface area contributed by atoms with Crippen molar-refractivity contribution in [2.24, 2.45) is 0 Å². The van der Waals surface area contributed by atoms with E-state index in [1.165, 1.54) is 11.6 Å². The van der Waals surface area contributed by atoms with Crippen LogP contribution >= 0.6 is 0 Å². The molecule has 2 heterocycles. The molecule has 1 fully saturated rings. The fourth-order valence-corrected chi connectivity index (χ4v) is 4.40. The molecule has 35 heavy (non-hydrogen) atoms. The maximum atomic E-state index is 12.9. The minimum absolute atomic E-state index is 0.0551. The van der Waals surface area contributed by atoms with Crippen LogP contribution in [0.25, 0.3) is 22.6 Å². The first-order chi connectivity index (χ1) is 16.9. The molecular weight excluding hydrogens is 444 g/mol. The van der Waals surface area contributed by atoms with E-state index in [9.17, 15) is 14.9 Å². The Hall–Kier alpha value is -4.20. The van der Waals surface area contributed by atoms with Gasteiger partial charge in [-0.2, -0.15) is 0 Å². The Kier molecular flexibility index (Phi) is 5.94. The second kappa shape index (κ2) is 9.21. The molecule has 3 aromatic carbocycles. The Morgan fingerprint density at radius 3 is 2.63 bits per heavy atom. The second-order valence-electron chi connectivity index (χ2n) is 9.09. The number of benzene rings is 3. The van der Waals surface area contributed by atoms with Gasteiger partial charge in [-0.3, -0.25) is 14.9 Å². The molecule has 178 valence electrons. The number of carbonyl (C=O) groups is 1. The first kappa shape index (κ1) is 22.6. The number of carbonyl (C=O) groups excluding carboxylic acids is 1. The predicted molar refractivity (Wildman–Crippen MR) is 136 cm³/mol. The molecule has 1 aromatic heterocycles. The van der Waals surface area contributed by atoms with Crippen LogP contribution in [0.15, 0.2) is 65.1 Å². The summed E-state index contributed by atoms with van der Waals surface area (Å²) in [6, 6.07) is 17.8. The lowest BCUT2D eigenvalue weighted by Crippen LogP contribution is -2.19. The zero-order valence-electron chi connectivity index (χ0n) is 19.7. The van der Waals surface area contributed by atoms with Gasteiger partial charge in [0.25, 0.3) is 11.6 Å². The van der Waals surface area contributed by atoms with Gasteiger partial charge in [0.2, 0.25) is 5.89 Å². The van der Waals surface area contributed by atoms with Crippen molar-refractivity contribution < 1.29 is 14.1 Å². The number of nitro benzene ring substituents is 1. The van der Waals surface area contributed by atoms with Gasteiger partial charge in [0.15, 0.2) is 5.58 Å². The van der Waals surface area contributed by atoms with Crippen LogP contribution in [0.1, 0.15) is 48.5 Å². The van der Waals surface area contributed by atoms with Crippen molar-refractivity contribution in [1.82, 2.24) is 4.98 Å². The minimum atomic E-state index is -0.428. The van der Waals surface area contributed by atoms with Gasteiger partial charge in [-0.1, -0.05) is 26.0 Å². The van der Waals surface area contributed by atoms with Gasteiger partial charge >= 0.3 is 0 Å². The minimum Gasteiger partial charge on any atom is -0.436 e. The van der Waals surface area contributed by atoms with E-state index < -0.39 is 10.8 Å². The highest BCUT2D eigenvalue weighted by Crippen LogP contribution is 2.32. The molecule has 0 aliphatic carbocycles. The number of aromatic nitrogens is 1. The van der Waals surface area contributed by atoms with Gasteiger partial charge in [0.05, 0.1) is 4.92 Å². The van der Waals surface area contributed by atoms with Crippen molar-refractivity contribution >= 4 is 34.1 Å². The maximum Gasteiger partial charge on any atom is 0.293 e. The van der Waals surface area contributed by atoms with Crippen molar-refractivity contribution in [2.45, 2.75) is 32.6 Å². The Bertz CT molecular complexity index is 1420. The summed E-state index contributed by atoms with van der Waals surface area (Å²) in [5.74, 6) is 0.429. The summed E-state index contributed by atoms with van der Waals surface area (Å²) in [5, 5.41) is 14.5. The highest BCUT2D eigenvalue weighted by molar-refractivity contribution is 6.05. The lowest BCUT2D eigenvalue weighted by Gasteiger charge is -2.17. The molecule has 8 heteroatoms. The van der Waals surface area contributed by atoms with Gasteiger partial charge < -0.3 is 14.6 Å². The average Bonchev–Trinajstić information content (AvgIpc) is 3.53. The van der Waals surface area contributed by atoms with Gasteiger partial charge in [-0.25, -0.2) is 4.98 Å². The fraction of sp³-hybridized carbons (Fsp3) is 0.259. The monoisotopic (exact) mass is 470 g/mol. The maximum absolute atomic E-state index is 12.9. The number of hydrogen-bond donors (Lipinski definition) is 1. The van der Waals surface area contributed by atoms with Crippen LogP contribution in [-0.2, 0) is 0 Å². The molecule has 0 saturated carbocycles. The zero-order chi connectivity index (χ0) is 24.5. The second-order valence-corrected chi connectivity index (χ2v) is 9.09. The summed E-state index contributed by atoms with van der Waals surface area (Å²) in [4.78, 5) is 30.8. The Morgan fingerprint density at radius 1 is 1.09 bits per heavy atom. The van der Waals surface area contributed by atoms with Crippen molar-refractivity contribution in [2.75, 3.05) is 23.3 Å². The lowest BCUT2D eigenvalue weighted by molar-refractivity contribution is -0.384. The SMILES string of the molecule is CC(C)c1ccc2oc(-c3cccc(NC(=O)c4ccc(N5CCCC5)c([N+](=O)[O-])c4)c3)nc2c1. The van der Waals surface area contributed by atoms with E-state index >= 15 is 0 Å². The van der Waals surface area contributed by atoms with E-state index in [-0.39, 0.29) is 11.3 Å². The van der Waals surface area contributed by atoms with Crippen LogP contribution in [0.5, 0.6) is 0 Å². The molecule has 4 aromatic rings. The third-order valence-corrected chi connectivity index (χ3v) is 6.33. The number of fused-ring (bicyclic) bond motifs is 1. The summed E-state index contributed by atoms with van der Waals surface area (Å²) in [7, 11) is 0.